The Morgan fingerprint density at radius 1 is 1.21 bits per heavy atom. The van der Waals surface area contributed by atoms with Crippen molar-refractivity contribution >= 4 is 0 Å². The van der Waals surface area contributed by atoms with Gasteiger partial charge in [-0.05, 0) is 108 Å². The first-order chi connectivity index (χ1) is 13.6. The molecular formula is C27H42O2. The smallest absolute Gasteiger partial charge is 0.0784 e. The van der Waals surface area contributed by atoms with Gasteiger partial charge in [-0.1, -0.05) is 48.5 Å². The molecule has 2 nitrogen and oxygen atoms in total. The van der Waals surface area contributed by atoms with Crippen molar-refractivity contribution in [2.24, 2.45) is 17.3 Å². The minimum Gasteiger partial charge on any atom is -0.390 e. The van der Waals surface area contributed by atoms with Crippen LogP contribution in [-0.2, 0) is 0 Å². The standard InChI is InChI=1S/C27H42O2/c1-19(8-6-16-26(3,4)29)23-14-15-24-22(9-7-17-27(23,24)5)13-12-21-11-10-20(2)25(28)18-21/h8,12-13,23-25,28-29H,2,6-7,9-11,14-18H2,1,3-5H3/b19-8+,21-12-,22-13+. The van der Waals surface area contributed by atoms with Crippen LogP contribution in [-0.4, -0.2) is 21.9 Å². The summed E-state index contributed by atoms with van der Waals surface area (Å²) in [6.07, 6.45) is 17.7. The Labute approximate surface area is 178 Å². The van der Waals surface area contributed by atoms with Crippen LogP contribution in [0.25, 0.3) is 0 Å². The van der Waals surface area contributed by atoms with Gasteiger partial charge in [0, 0.05) is 0 Å². The molecule has 0 aromatic rings. The first-order valence-electron chi connectivity index (χ1n) is 11.7. The molecule has 4 atom stereocenters. The second-order valence-electron chi connectivity index (χ2n) is 10.8. The SMILES string of the molecule is C=C1CC/C(=C/C=C2\CCCC3(C)C(/C(C)=C/CCC(C)(C)O)CCC23)CC1O. The Morgan fingerprint density at radius 3 is 2.66 bits per heavy atom. The predicted molar refractivity (Wildman–Crippen MR) is 123 cm³/mol. The Hall–Kier alpha value is -1.12. The molecule has 0 aliphatic heterocycles. The molecule has 0 spiro atoms. The number of aliphatic hydroxyl groups excluding tert-OH is 1. The fourth-order valence-corrected chi connectivity index (χ4v) is 6.14. The van der Waals surface area contributed by atoms with Crippen LogP contribution in [0.1, 0.15) is 91.9 Å². The first-order valence-corrected chi connectivity index (χ1v) is 11.7. The van der Waals surface area contributed by atoms with Crippen molar-refractivity contribution in [1.29, 1.82) is 0 Å². The van der Waals surface area contributed by atoms with E-state index < -0.39 is 5.60 Å². The van der Waals surface area contributed by atoms with E-state index in [2.05, 4.69) is 38.7 Å². The zero-order chi connectivity index (χ0) is 21.2. The molecule has 3 saturated carbocycles. The van der Waals surface area contributed by atoms with E-state index >= 15 is 0 Å². The lowest BCUT2D eigenvalue weighted by Crippen LogP contribution is -2.33. The third kappa shape index (κ3) is 5.33. The monoisotopic (exact) mass is 398 g/mol. The van der Waals surface area contributed by atoms with E-state index in [1.807, 2.05) is 13.8 Å². The van der Waals surface area contributed by atoms with Crippen molar-refractivity contribution in [2.75, 3.05) is 0 Å². The molecule has 0 radical (unpaired) electrons. The van der Waals surface area contributed by atoms with Gasteiger partial charge in [0.15, 0.2) is 0 Å². The molecule has 3 rings (SSSR count). The molecule has 2 heteroatoms. The van der Waals surface area contributed by atoms with Crippen LogP contribution in [0.3, 0.4) is 0 Å². The summed E-state index contributed by atoms with van der Waals surface area (Å²) in [5.74, 6) is 1.37. The van der Waals surface area contributed by atoms with E-state index in [-0.39, 0.29) is 6.10 Å². The van der Waals surface area contributed by atoms with Gasteiger partial charge < -0.3 is 10.2 Å². The molecule has 0 aromatic carbocycles. The molecule has 0 heterocycles. The number of fused-ring (bicyclic) bond motifs is 1. The maximum Gasteiger partial charge on any atom is 0.0784 e. The van der Waals surface area contributed by atoms with Crippen molar-refractivity contribution in [1.82, 2.24) is 0 Å². The van der Waals surface area contributed by atoms with Crippen molar-refractivity contribution in [3.05, 3.63) is 47.1 Å². The lowest BCUT2D eigenvalue weighted by atomic mass is 9.62. The summed E-state index contributed by atoms with van der Waals surface area (Å²) < 4.78 is 0. The van der Waals surface area contributed by atoms with Crippen molar-refractivity contribution in [2.45, 2.75) is 104 Å². The Kier molecular flexibility index (Phi) is 6.95. The summed E-state index contributed by atoms with van der Waals surface area (Å²) >= 11 is 0. The van der Waals surface area contributed by atoms with E-state index in [1.165, 1.54) is 43.3 Å². The summed E-state index contributed by atoms with van der Waals surface area (Å²) in [6.45, 7) is 12.6. The minimum absolute atomic E-state index is 0.349. The largest absolute Gasteiger partial charge is 0.390 e. The first kappa shape index (κ1) is 22.6. The van der Waals surface area contributed by atoms with Gasteiger partial charge in [0.2, 0.25) is 0 Å². The number of hydrogen-bond acceptors (Lipinski definition) is 2. The zero-order valence-electron chi connectivity index (χ0n) is 19.1. The predicted octanol–water partition coefficient (Wildman–Crippen LogP) is 6.65. The van der Waals surface area contributed by atoms with Crippen LogP contribution in [0.4, 0.5) is 0 Å². The van der Waals surface area contributed by atoms with Gasteiger partial charge in [0.05, 0.1) is 11.7 Å². The van der Waals surface area contributed by atoms with Crippen LogP contribution >= 0.6 is 0 Å². The van der Waals surface area contributed by atoms with Crippen LogP contribution in [0.15, 0.2) is 47.1 Å². The van der Waals surface area contributed by atoms with E-state index in [4.69, 9.17) is 0 Å². The maximum absolute atomic E-state index is 10.1. The Balaban J connectivity index is 1.71. The van der Waals surface area contributed by atoms with Crippen LogP contribution < -0.4 is 0 Å². The summed E-state index contributed by atoms with van der Waals surface area (Å²) in [5.41, 5.74) is 5.34. The molecule has 3 aliphatic carbocycles. The second-order valence-corrected chi connectivity index (χ2v) is 10.8. The topological polar surface area (TPSA) is 40.5 Å². The third-order valence-corrected chi connectivity index (χ3v) is 7.96. The number of rotatable bonds is 5. The van der Waals surface area contributed by atoms with Crippen molar-refractivity contribution in [3.8, 4) is 0 Å². The molecule has 2 N–H and O–H groups in total. The number of allylic oxidation sites excluding steroid dienone is 5. The number of aliphatic hydroxyl groups is 2. The van der Waals surface area contributed by atoms with Crippen LogP contribution in [0.2, 0.25) is 0 Å². The zero-order valence-corrected chi connectivity index (χ0v) is 19.1. The molecule has 29 heavy (non-hydrogen) atoms. The lowest BCUT2D eigenvalue weighted by molar-refractivity contribution is 0.0720. The van der Waals surface area contributed by atoms with E-state index in [9.17, 15) is 10.2 Å². The maximum atomic E-state index is 10.1. The van der Waals surface area contributed by atoms with Crippen LogP contribution in [0, 0.1) is 17.3 Å². The molecule has 4 unspecified atom stereocenters. The van der Waals surface area contributed by atoms with E-state index in [1.54, 1.807) is 5.57 Å². The van der Waals surface area contributed by atoms with Gasteiger partial charge in [-0.25, -0.2) is 0 Å². The quantitative estimate of drug-likeness (QED) is 0.509. The van der Waals surface area contributed by atoms with E-state index in [0.29, 0.717) is 17.3 Å². The summed E-state index contributed by atoms with van der Waals surface area (Å²) in [4.78, 5) is 0. The molecule has 3 fully saturated rings. The molecule has 3 aliphatic rings. The fourth-order valence-electron chi connectivity index (χ4n) is 6.14. The molecule has 0 saturated heterocycles. The van der Waals surface area contributed by atoms with Gasteiger partial charge in [-0.15, -0.1) is 0 Å². The molecule has 162 valence electrons. The normalized spacial score (nSPS) is 36.7. The fraction of sp³-hybridized carbons (Fsp3) is 0.704. The lowest BCUT2D eigenvalue weighted by Gasteiger charge is -2.43. The van der Waals surface area contributed by atoms with Crippen molar-refractivity contribution in [3.63, 3.8) is 0 Å². The van der Waals surface area contributed by atoms with Gasteiger partial charge >= 0.3 is 0 Å². The van der Waals surface area contributed by atoms with E-state index in [0.717, 1.165) is 37.7 Å². The highest BCUT2D eigenvalue weighted by Crippen LogP contribution is 2.59. The average molecular weight is 399 g/mol. The average Bonchev–Trinajstić information content (AvgIpc) is 2.99. The highest BCUT2D eigenvalue weighted by Gasteiger charge is 2.49. The summed E-state index contributed by atoms with van der Waals surface area (Å²) in [7, 11) is 0. The van der Waals surface area contributed by atoms with Gasteiger partial charge in [-0.2, -0.15) is 0 Å². The Bertz CT molecular complexity index is 703. The summed E-state index contributed by atoms with van der Waals surface area (Å²) in [5, 5.41) is 20.1. The summed E-state index contributed by atoms with van der Waals surface area (Å²) in [6, 6.07) is 0. The third-order valence-electron chi connectivity index (χ3n) is 7.96. The molecule has 0 aromatic heterocycles. The van der Waals surface area contributed by atoms with Gasteiger partial charge in [-0.3, -0.25) is 0 Å². The Morgan fingerprint density at radius 2 is 1.97 bits per heavy atom. The molecular weight excluding hydrogens is 356 g/mol. The molecule has 0 bridgehead atoms. The second kappa shape index (κ2) is 8.94. The minimum atomic E-state index is -0.577. The van der Waals surface area contributed by atoms with Gasteiger partial charge in [0.1, 0.15) is 0 Å². The molecule has 0 amide bonds. The van der Waals surface area contributed by atoms with Crippen molar-refractivity contribution < 1.29 is 10.2 Å². The number of hydrogen-bond donors (Lipinski definition) is 2. The van der Waals surface area contributed by atoms with Crippen LogP contribution in [0.5, 0.6) is 0 Å². The highest BCUT2D eigenvalue weighted by atomic mass is 16.3. The van der Waals surface area contributed by atoms with Gasteiger partial charge in [0.25, 0.3) is 0 Å². The highest BCUT2D eigenvalue weighted by molar-refractivity contribution is 5.29.